The second-order valence-corrected chi connectivity index (χ2v) is 5.68. The number of hydrogen-bond donors (Lipinski definition) is 3. The van der Waals surface area contributed by atoms with Crippen molar-refractivity contribution in [1.82, 2.24) is 20.7 Å². The monoisotopic (exact) mass is 326 g/mol. The lowest BCUT2D eigenvalue weighted by Gasteiger charge is -2.29. The molecule has 1 aliphatic rings. The Balaban J connectivity index is 1.53. The number of rotatable bonds is 5. The molecule has 7 heteroatoms. The lowest BCUT2D eigenvalue weighted by Crippen LogP contribution is -2.39. The van der Waals surface area contributed by atoms with Gasteiger partial charge in [0.2, 0.25) is 0 Å². The third kappa shape index (κ3) is 4.34. The predicted octanol–water partition coefficient (Wildman–Crippen LogP) is 2.29. The topological polar surface area (TPSA) is 82.2 Å². The van der Waals surface area contributed by atoms with Crippen molar-refractivity contribution >= 4 is 17.7 Å². The van der Waals surface area contributed by atoms with Crippen LogP contribution in [0.15, 0.2) is 42.7 Å². The van der Waals surface area contributed by atoms with Gasteiger partial charge in [-0.05, 0) is 37.5 Å². The number of pyridine rings is 2. The molecule has 2 amide bonds. The predicted molar refractivity (Wildman–Crippen MR) is 93.5 cm³/mol. The van der Waals surface area contributed by atoms with Gasteiger partial charge in [0.15, 0.2) is 0 Å². The van der Waals surface area contributed by atoms with Gasteiger partial charge in [0.05, 0.1) is 0 Å². The summed E-state index contributed by atoms with van der Waals surface area (Å²) in [6.45, 7) is 2.48. The van der Waals surface area contributed by atoms with Gasteiger partial charge in [-0.15, -0.1) is 0 Å². The van der Waals surface area contributed by atoms with Gasteiger partial charge in [-0.25, -0.2) is 14.8 Å². The van der Waals surface area contributed by atoms with Crippen LogP contribution in [0.4, 0.5) is 16.4 Å². The molecule has 0 bridgehead atoms. The molecule has 0 spiro atoms. The zero-order chi connectivity index (χ0) is 16.6. The molecule has 0 aliphatic carbocycles. The number of piperidine rings is 1. The number of hydrazine groups is 1. The van der Waals surface area contributed by atoms with Crippen molar-refractivity contribution in [2.45, 2.75) is 25.8 Å². The Morgan fingerprint density at radius 3 is 2.67 bits per heavy atom. The van der Waals surface area contributed by atoms with Crippen LogP contribution in [0.1, 0.15) is 24.8 Å². The molecule has 126 valence electrons. The van der Waals surface area contributed by atoms with E-state index in [9.17, 15) is 4.79 Å². The summed E-state index contributed by atoms with van der Waals surface area (Å²) in [5.74, 6) is 1.55. The number of aromatic nitrogens is 2. The van der Waals surface area contributed by atoms with Crippen LogP contribution in [-0.4, -0.2) is 29.1 Å². The van der Waals surface area contributed by atoms with E-state index in [-0.39, 0.29) is 6.03 Å². The van der Waals surface area contributed by atoms with E-state index < -0.39 is 0 Å². The summed E-state index contributed by atoms with van der Waals surface area (Å²) in [6, 6.07) is 9.02. The van der Waals surface area contributed by atoms with Crippen LogP contribution < -0.4 is 21.1 Å². The van der Waals surface area contributed by atoms with E-state index in [1.54, 1.807) is 18.5 Å². The zero-order valence-electron chi connectivity index (χ0n) is 13.5. The van der Waals surface area contributed by atoms with Crippen molar-refractivity contribution in [3.63, 3.8) is 0 Å². The molecule has 1 fully saturated rings. The zero-order valence-corrected chi connectivity index (χ0v) is 13.5. The summed E-state index contributed by atoms with van der Waals surface area (Å²) in [6.07, 6.45) is 7.12. The molecule has 0 aromatic carbocycles. The number of amides is 2. The SMILES string of the molecule is O=C(NCc1cccnc1N1CCCCC1)NNc1ccccn1. The first-order chi connectivity index (χ1) is 11.8. The van der Waals surface area contributed by atoms with E-state index in [4.69, 9.17) is 0 Å². The van der Waals surface area contributed by atoms with Crippen molar-refractivity contribution in [1.29, 1.82) is 0 Å². The molecule has 0 saturated carbocycles. The highest BCUT2D eigenvalue weighted by Gasteiger charge is 2.15. The maximum atomic E-state index is 11.9. The van der Waals surface area contributed by atoms with Gasteiger partial charge in [-0.2, -0.15) is 0 Å². The van der Waals surface area contributed by atoms with Crippen molar-refractivity contribution in [3.8, 4) is 0 Å². The number of urea groups is 1. The Morgan fingerprint density at radius 2 is 1.88 bits per heavy atom. The summed E-state index contributed by atoms with van der Waals surface area (Å²) >= 11 is 0. The molecule has 3 rings (SSSR count). The molecule has 1 saturated heterocycles. The maximum absolute atomic E-state index is 11.9. The summed E-state index contributed by atoms with van der Waals surface area (Å²) in [7, 11) is 0. The van der Waals surface area contributed by atoms with Crippen molar-refractivity contribution in [2.24, 2.45) is 0 Å². The summed E-state index contributed by atoms with van der Waals surface area (Å²) < 4.78 is 0. The minimum Gasteiger partial charge on any atom is -0.356 e. The first-order valence-electron chi connectivity index (χ1n) is 8.22. The molecule has 3 N–H and O–H groups in total. The number of nitrogens with one attached hydrogen (secondary N) is 3. The fraction of sp³-hybridized carbons (Fsp3) is 0.353. The highest BCUT2D eigenvalue weighted by atomic mass is 16.2. The average molecular weight is 326 g/mol. The minimum atomic E-state index is -0.311. The van der Waals surface area contributed by atoms with E-state index >= 15 is 0 Å². The molecule has 0 atom stereocenters. The molecule has 0 radical (unpaired) electrons. The second kappa shape index (κ2) is 8.14. The third-order valence-electron chi connectivity index (χ3n) is 3.93. The largest absolute Gasteiger partial charge is 0.356 e. The van der Waals surface area contributed by atoms with Crippen LogP contribution in [-0.2, 0) is 6.54 Å². The lowest BCUT2D eigenvalue weighted by molar-refractivity contribution is 0.242. The summed E-state index contributed by atoms with van der Waals surface area (Å²) in [5.41, 5.74) is 6.35. The number of carbonyl (C=O) groups is 1. The normalized spacial score (nSPS) is 14.1. The lowest BCUT2D eigenvalue weighted by atomic mass is 10.1. The van der Waals surface area contributed by atoms with Gasteiger partial charge < -0.3 is 10.2 Å². The second-order valence-electron chi connectivity index (χ2n) is 5.68. The minimum absolute atomic E-state index is 0.311. The number of hydrogen-bond acceptors (Lipinski definition) is 5. The van der Waals surface area contributed by atoms with Crippen molar-refractivity contribution < 1.29 is 4.79 Å². The van der Waals surface area contributed by atoms with E-state index in [0.29, 0.717) is 12.4 Å². The fourth-order valence-corrected chi connectivity index (χ4v) is 2.74. The standard InChI is InChI=1S/C17H22N6O/c24-17(22-21-15-8-2-3-9-18-15)20-13-14-7-6-10-19-16(14)23-11-4-1-5-12-23/h2-3,6-10H,1,4-5,11-13H2,(H,18,21)(H2,20,22,24). The average Bonchev–Trinajstić information content (AvgIpc) is 2.66. The van der Waals surface area contributed by atoms with Crippen LogP contribution in [0.25, 0.3) is 0 Å². The van der Waals surface area contributed by atoms with Gasteiger partial charge >= 0.3 is 6.03 Å². The van der Waals surface area contributed by atoms with Gasteiger partial charge in [-0.1, -0.05) is 12.1 Å². The van der Waals surface area contributed by atoms with Gasteiger partial charge in [0, 0.05) is 37.6 Å². The maximum Gasteiger partial charge on any atom is 0.333 e. The van der Waals surface area contributed by atoms with Crippen LogP contribution >= 0.6 is 0 Å². The molecule has 2 aromatic heterocycles. The highest BCUT2D eigenvalue weighted by Crippen LogP contribution is 2.21. The van der Waals surface area contributed by atoms with Crippen LogP contribution in [0.5, 0.6) is 0 Å². The number of carbonyl (C=O) groups excluding carboxylic acids is 1. The molecule has 3 heterocycles. The van der Waals surface area contributed by atoms with E-state index in [1.165, 1.54) is 19.3 Å². The molecule has 1 aliphatic heterocycles. The number of anilines is 2. The quantitative estimate of drug-likeness (QED) is 0.735. The Morgan fingerprint density at radius 1 is 1.04 bits per heavy atom. The Hall–Kier alpha value is -2.83. The van der Waals surface area contributed by atoms with Crippen LogP contribution in [0, 0.1) is 0 Å². The number of nitrogens with zero attached hydrogens (tertiary/aromatic N) is 3. The summed E-state index contributed by atoms with van der Waals surface area (Å²) in [5, 5.41) is 2.84. The molecular weight excluding hydrogens is 304 g/mol. The van der Waals surface area contributed by atoms with Crippen LogP contribution in [0.2, 0.25) is 0 Å². The Bertz CT molecular complexity index is 657. The first-order valence-corrected chi connectivity index (χ1v) is 8.22. The highest BCUT2D eigenvalue weighted by molar-refractivity contribution is 5.75. The molecule has 2 aromatic rings. The molecule has 7 nitrogen and oxygen atoms in total. The van der Waals surface area contributed by atoms with Crippen LogP contribution in [0.3, 0.4) is 0 Å². The fourth-order valence-electron chi connectivity index (χ4n) is 2.74. The first kappa shape index (κ1) is 16.0. The van der Waals surface area contributed by atoms with Crippen molar-refractivity contribution in [3.05, 3.63) is 48.3 Å². The van der Waals surface area contributed by atoms with Gasteiger partial charge in [-0.3, -0.25) is 10.9 Å². The Labute approximate surface area is 141 Å². The smallest absolute Gasteiger partial charge is 0.333 e. The van der Waals surface area contributed by atoms with Gasteiger partial charge in [0.1, 0.15) is 11.6 Å². The third-order valence-corrected chi connectivity index (χ3v) is 3.93. The van der Waals surface area contributed by atoms with E-state index in [1.807, 2.05) is 24.3 Å². The molecule has 24 heavy (non-hydrogen) atoms. The Kier molecular flexibility index (Phi) is 5.44. The van der Waals surface area contributed by atoms with Crippen molar-refractivity contribution in [2.75, 3.05) is 23.4 Å². The van der Waals surface area contributed by atoms with Gasteiger partial charge in [0.25, 0.3) is 0 Å². The molecular formula is C17H22N6O. The molecule has 0 unspecified atom stereocenters. The van der Waals surface area contributed by atoms with E-state index in [0.717, 1.165) is 24.5 Å². The summed E-state index contributed by atoms with van der Waals surface area (Å²) in [4.78, 5) is 22.8. The van der Waals surface area contributed by atoms with E-state index in [2.05, 4.69) is 31.0 Å².